The van der Waals surface area contributed by atoms with Crippen molar-refractivity contribution < 1.29 is 13.9 Å². The third-order valence-corrected chi connectivity index (χ3v) is 3.94. The van der Waals surface area contributed by atoms with Crippen LogP contribution in [0.3, 0.4) is 0 Å². The van der Waals surface area contributed by atoms with Gasteiger partial charge in [0.25, 0.3) is 5.91 Å². The summed E-state index contributed by atoms with van der Waals surface area (Å²) < 4.78 is 19.1. The van der Waals surface area contributed by atoms with Gasteiger partial charge < -0.3 is 15.4 Å². The number of anilines is 2. The molecule has 0 saturated carbocycles. The van der Waals surface area contributed by atoms with Crippen molar-refractivity contribution in [2.75, 3.05) is 11.9 Å². The Hall–Kier alpha value is -2.08. The average molecular weight is 322 g/mol. The maximum Gasteiger partial charge on any atom is 0.260 e. The molecule has 22 heavy (non-hydrogen) atoms. The molecule has 0 bridgehead atoms. The topological polar surface area (TPSA) is 50.4 Å². The van der Waals surface area contributed by atoms with Gasteiger partial charge in [-0.1, -0.05) is 0 Å². The molecule has 1 aromatic carbocycles. The van der Waals surface area contributed by atoms with Crippen molar-refractivity contribution >= 4 is 28.6 Å². The summed E-state index contributed by atoms with van der Waals surface area (Å²) in [5.74, 6) is -0.334. The Labute approximate surface area is 133 Å². The van der Waals surface area contributed by atoms with Crippen LogP contribution >= 0.6 is 11.3 Å². The third-order valence-electron chi connectivity index (χ3n) is 3.10. The Bertz CT molecular complexity index is 657. The Morgan fingerprint density at radius 2 is 2.14 bits per heavy atom. The number of carbonyl (C=O) groups excluding carboxylic acids is 1. The Morgan fingerprint density at radius 3 is 2.77 bits per heavy atom. The molecule has 0 aliphatic heterocycles. The second-order valence-electron chi connectivity index (χ2n) is 4.81. The van der Waals surface area contributed by atoms with Gasteiger partial charge in [-0.15, -0.1) is 11.3 Å². The number of amides is 1. The average Bonchev–Trinajstić information content (AvgIpc) is 2.87. The maximum atomic E-state index is 13.5. The van der Waals surface area contributed by atoms with Gasteiger partial charge >= 0.3 is 0 Å². The molecular weight excluding hydrogens is 303 g/mol. The largest absolute Gasteiger partial charge is 0.479 e. The van der Waals surface area contributed by atoms with Crippen molar-refractivity contribution in [1.82, 2.24) is 5.32 Å². The molecule has 2 aromatic rings. The van der Waals surface area contributed by atoms with E-state index in [0.717, 1.165) is 10.6 Å². The van der Waals surface area contributed by atoms with Crippen molar-refractivity contribution in [3.63, 3.8) is 0 Å². The standard InChI is InChI=1S/C16H19FN2O2S/c1-4-18-16(20)10(2)21-15-9-12(17)5-6-14(15)19-13-7-8-22-11(13)3/h5-10,19H,4H2,1-3H3,(H,18,20). The van der Waals surface area contributed by atoms with Crippen molar-refractivity contribution in [2.45, 2.75) is 26.9 Å². The van der Waals surface area contributed by atoms with Gasteiger partial charge in [-0.2, -0.15) is 0 Å². The van der Waals surface area contributed by atoms with Crippen LogP contribution in [0.5, 0.6) is 5.75 Å². The lowest BCUT2D eigenvalue weighted by Crippen LogP contribution is -2.36. The van der Waals surface area contributed by atoms with E-state index < -0.39 is 11.9 Å². The SMILES string of the molecule is CCNC(=O)C(C)Oc1cc(F)ccc1Nc1ccsc1C. The lowest BCUT2D eigenvalue weighted by Gasteiger charge is -2.17. The lowest BCUT2D eigenvalue weighted by atomic mass is 10.2. The Kier molecular flexibility index (Phi) is 5.38. The first-order valence-corrected chi connectivity index (χ1v) is 7.94. The van der Waals surface area contributed by atoms with Crippen molar-refractivity contribution in [3.8, 4) is 5.75 Å². The highest BCUT2D eigenvalue weighted by atomic mass is 32.1. The minimum atomic E-state index is -0.703. The Balaban J connectivity index is 2.21. The molecule has 4 nitrogen and oxygen atoms in total. The highest BCUT2D eigenvalue weighted by molar-refractivity contribution is 7.10. The second kappa shape index (κ2) is 7.26. The van der Waals surface area contributed by atoms with Crippen LogP contribution < -0.4 is 15.4 Å². The van der Waals surface area contributed by atoms with Crippen molar-refractivity contribution in [2.24, 2.45) is 0 Å². The molecular formula is C16H19FN2O2S. The number of nitrogens with one attached hydrogen (secondary N) is 2. The number of carbonyl (C=O) groups is 1. The van der Waals surface area contributed by atoms with Gasteiger partial charge in [-0.05, 0) is 44.4 Å². The van der Waals surface area contributed by atoms with Crippen LogP contribution in [0.15, 0.2) is 29.6 Å². The summed E-state index contributed by atoms with van der Waals surface area (Å²) in [6, 6.07) is 6.18. The van der Waals surface area contributed by atoms with E-state index in [1.165, 1.54) is 12.1 Å². The number of hydrogen-bond donors (Lipinski definition) is 2. The molecule has 0 saturated heterocycles. The summed E-state index contributed by atoms with van der Waals surface area (Å²) in [5.41, 5.74) is 1.56. The fourth-order valence-corrected chi connectivity index (χ4v) is 2.57. The third kappa shape index (κ3) is 3.98. The Morgan fingerprint density at radius 1 is 1.36 bits per heavy atom. The predicted octanol–water partition coefficient (Wildman–Crippen LogP) is 3.84. The van der Waals surface area contributed by atoms with E-state index in [1.807, 2.05) is 25.3 Å². The highest BCUT2D eigenvalue weighted by Gasteiger charge is 2.16. The molecule has 2 N–H and O–H groups in total. The number of hydrogen-bond acceptors (Lipinski definition) is 4. The predicted molar refractivity (Wildman–Crippen MR) is 87.5 cm³/mol. The molecule has 0 spiro atoms. The van der Waals surface area contributed by atoms with Gasteiger partial charge in [-0.3, -0.25) is 4.79 Å². The highest BCUT2D eigenvalue weighted by Crippen LogP contribution is 2.32. The smallest absolute Gasteiger partial charge is 0.260 e. The van der Waals surface area contributed by atoms with E-state index in [4.69, 9.17) is 4.74 Å². The fraction of sp³-hybridized carbons (Fsp3) is 0.312. The van der Waals surface area contributed by atoms with Gasteiger partial charge in [0.1, 0.15) is 11.6 Å². The van der Waals surface area contributed by atoms with Crippen LogP contribution in [0.1, 0.15) is 18.7 Å². The van der Waals surface area contributed by atoms with E-state index in [-0.39, 0.29) is 5.91 Å². The minimum absolute atomic E-state index is 0.232. The number of ether oxygens (including phenoxy) is 1. The summed E-state index contributed by atoms with van der Waals surface area (Å²) in [7, 11) is 0. The number of rotatable bonds is 6. The fourth-order valence-electron chi connectivity index (χ4n) is 1.92. The molecule has 118 valence electrons. The number of thiophene rings is 1. The second-order valence-corrected chi connectivity index (χ2v) is 5.93. The molecule has 1 amide bonds. The van der Waals surface area contributed by atoms with Crippen LogP contribution in [0.4, 0.5) is 15.8 Å². The molecule has 1 aromatic heterocycles. The first-order chi connectivity index (χ1) is 10.5. The summed E-state index contributed by atoms with van der Waals surface area (Å²) in [4.78, 5) is 12.9. The van der Waals surface area contributed by atoms with E-state index >= 15 is 0 Å². The lowest BCUT2D eigenvalue weighted by molar-refractivity contribution is -0.127. The molecule has 1 unspecified atom stereocenters. The zero-order chi connectivity index (χ0) is 16.1. The van der Waals surface area contributed by atoms with E-state index in [0.29, 0.717) is 18.0 Å². The molecule has 6 heteroatoms. The first-order valence-electron chi connectivity index (χ1n) is 7.06. The molecule has 0 aliphatic rings. The first kappa shape index (κ1) is 16.3. The van der Waals surface area contributed by atoms with Gasteiger partial charge in [0, 0.05) is 17.5 Å². The van der Waals surface area contributed by atoms with Crippen LogP contribution in [0.2, 0.25) is 0 Å². The monoisotopic (exact) mass is 322 g/mol. The van der Waals surface area contributed by atoms with Crippen molar-refractivity contribution in [1.29, 1.82) is 0 Å². The molecule has 1 heterocycles. The molecule has 2 rings (SSSR count). The molecule has 1 atom stereocenters. The normalized spacial score (nSPS) is 11.8. The van der Waals surface area contributed by atoms with Crippen LogP contribution in [-0.4, -0.2) is 18.6 Å². The van der Waals surface area contributed by atoms with E-state index in [9.17, 15) is 9.18 Å². The summed E-state index contributed by atoms with van der Waals surface area (Å²) in [6.45, 7) is 5.98. The summed E-state index contributed by atoms with van der Waals surface area (Å²) in [5, 5.41) is 7.86. The summed E-state index contributed by atoms with van der Waals surface area (Å²) >= 11 is 1.62. The van der Waals surface area contributed by atoms with Gasteiger partial charge in [0.15, 0.2) is 6.10 Å². The van der Waals surface area contributed by atoms with E-state index in [1.54, 1.807) is 24.3 Å². The number of benzene rings is 1. The zero-order valence-corrected chi connectivity index (χ0v) is 13.6. The van der Waals surface area contributed by atoms with Gasteiger partial charge in [0.2, 0.25) is 0 Å². The number of aryl methyl sites for hydroxylation is 1. The zero-order valence-electron chi connectivity index (χ0n) is 12.8. The van der Waals surface area contributed by atoms with E-state index in [2.05, 4.69) is 10.6 Å². The van der Waals surface area contributed by atoms with Crippen molar-refractivity contribution in [3.05, 3.63) is 40.3 Å². The molecule has 0 radical (unpaired) electrons. The molecule has 0 aliphatic carbocycles. The summed E-state index contributed by atoms with van der Waals surface area (Å²) in [6.07, 6.45) is -0.703. The quantitative estimate of drug-likeness (QED) is 0.849. The van der Waals surface area contributed by atoms with Gasteiger partial charge in [0.05, 0.1) is 11.4 Å². The minimum Gasteiger partial charge on any atom is -0.479 e. The maximum absolute atomic E-state index is 13.5. The number of halogens is 1. The van der Waals surface area contributed by atoms with Gasteiger partial charge in [-0.25, -0.2) is 4.39 Å². The number of likely N-dealkylation sites (N-methyl/N-ethyl adjacent to an activating group) is 1. The van der Waals surface area contributed by atoms with Crippen LogP contribution in [0, 0.1) is 12.7 Å². The molecule has 0 fully saturated rings. The van der Waals surface area contributed by atoms with Crippen LogP contribution in [-0.2, 0) is 4.79 Å². The van der Waals surface area contributed by atoms with Crippen LogP contribution in [0.25, 0.3) is 0 Å².